The summed E-state index contributed by atoms with van der Waals surface area (Å²) in [5.41, 5.74) is 0. The van der Waals surface area contributed by atoms with Crippen molar-refractivity contribution in [1.82, 2.24) is 4.90 Å². The maximum absolute atomic E-state index is 9.21. The van der Waals surface area contributed by atoms with Crippen molar-refractivity contribution in [3.8, 4) is 0 Å². The molecule has 1 atom stereocenters. The van der Waals surface area contributed by atoms with E-state index in [1.165, 1.54) is 38.8 Å². The van der Waals surface area contributed by atoms with Gasteiger partial charge in [-0.2, -0.15) is 0 Å². The Hall–Kier alpha value is -0.120. The second kappa shape index (κ2) is 6.35. The topological polar surface area (TPSA) is 32.7 Å². The second-order valence-corrected chi connectivity index (χ2v) is 3.73. The first-order valence-electron chi connectivity index (χ1n) is 5.26. The third kappa shape index (κ3) is 4.60. The number of aliphatic hydroxyl groups is 1. The fourth-order valence-corrected chi connectivity index (χ4v) is 1.77. The SMILES string of the molecule is COC(O)CCN1CCCCCC1. The van der Waals surface area contributed by atoms with Crippen LogP contribution in [-0.2, 0) is 4.74 Å². The molecule has 0 spiro atoms. The molecule has 1 saturated heterocycles. The average Bonchev–Trinajstić information content (AvgIpc) is 2.42. The van der Waals surface area contributed by atoms with E-state index in [1.807, 2.05) is 0 Å². The summed E-state index contributed by atoms with van der Waals surface area (Å²) in [6, 6.07) is 0. The standard InChI is InChI=1S/C10H21NO2/c1-13-10(12)6-9-11-7-4-2-3-5-8-11/h10,12H,2-9H2,1H3. The van der Waals surface area contributed by atoms with Crippen LogP contribution in [0.5, 0.6) is 0 Å². The lowest BCUT2D eigenvalue weighted by molar-refractivity contribution is -0.0819. The Labute approximate surface area is 80.7 Å². The van der Waals surface area contributed by atoms with Gasteiger partial charge in [-0.25, -0.2) is 0 Å². The van der Waals surface area contributed by atoms with Crippen LogP contribution >= 0.6 is 0 Å². The molecule has 0 aromatic rings. The van der Waals surface area contributed by atoms with Gasteiger partial charge in [0, 0.05) is 20.1 Å². The number of hydrogen-bond acceptors (Lipinski definition) is 3. The normalized spacial score (nSPS) is 22.6. The third-order valence-electron chi connectivity index (χ3n) is 2.66. The van der Waals surface area contributed by atoms with Crippen molar-refractivity contribution >= 4 is 0 Å². The number of ether oxygens (including phenoxy) is 1. The van der Waals surface area contributed by atoms with Crippen LogP contribution in [0.3, 0.4) is 0 Å². The van der Waals surface area contributed by atoms with Crippen molar-refractivity contribution < 1.29 is 9.84 Å². The highest BCUT2D eigenvalue weighted by Crippen LogP contribution is 2.10. The van der Waals surface area contributed by atoms with Crippen molar-refractivity contribution in [3.63, 3.8) is 0 Å². The van der Waals surface area contributed by atoms with Gasteiger partial charge in [-0.1, -0.05) is 12.8 Å². The summed E-state index contributed by atoms with van der Waals surface area (Å²) in [6.07, 6.45) is 5.50. The fourth-order valence-electron chi connectivity index (χ4n) is 1.77. The molecule has 3 heteroatoms. The van der Waals surface area contributed by atoms with Gasteiger partial charge in [-0.15, -0.1) is 0 Å². The summed E-state index contributed by atoms with van der Waals surface area (Å²) in [4.78, 5) is 2.43. The van der Waals surface area contributed by atoms with E-state index in [0.717, 1.165) is 13.0 Å². The molecule has 1 fully saturated rings. The van der Waals surface area contributed by atoms with Crippen LogP contribution in [0, 0.1) is 0 Å². The number of likely N-dealkylation sites (tertiary alicyclic amines) is 1. The van der Waals surface area contributed by atoms with Crippen LogP contribution in [0.2, 0.25) is 0 Å². The van der Waals surface area contributed by atoms with Gasteiger partial charge in [-0.3, -0.25) is 0 Å². The minimum atomic E-state index is -0.580. The lowest BCUT2D eigenvalue weighted by atomic mass is 10.2. The molecule has 1 N–H and O–H groups in total. The summed E-state index contributed by atoms with van der Waals surface area (Å²) in [5.74, 6) is 0. The zero-order valence-corrected chi connectivity index (χ0v) is 8.54. The van der Waals surface area contributed by atoms with E-state index in [0.29, 0.717) is 0 Å². The minimum Gasteiger partial charge on any atom is -0.368 e. The molecule has 78 valence electrons. The van der Waals surface area contributed by atoms with Gasteiger partial charge in [0.15, 0.2) is 6.29 Å². The van der Waals surface area contributed by atoms with Crippen LogP contribution in [0.1, 0.15) is 32.1 Å². The molecule has 1 heterocycles. The molecule has 1 aliphatic rings. The first-order valence-corrected chi connectivity index (χ1v) is 5.26. The Balaban J connectivity index is 2.11. The lowest BCUT2D eigenvalue weighted by Gasteiger charge is -2.20. The van der Waals surface area contributed by atoms with E-state index in [9.17, 15) is 5.11 Å². The molecular weight excluding hydrogens is 166 g/mol. The van der Waals surface area contributed by atoms with E-state index >= 15 is 0 Å². The molecular formula is C10H21NO2. The van der Waals surface area contributed by atoms with Crippen LogP contribution in [0.4, 0.5) is 0 Å². The molecule has 0 aromatic heterocycles. The van der Waals surface area contributed by atoms with E-state index < -0.39 is 6.29 Å². The quantitative estimate of drug-likeness (QED) is 0.672. The second-order valence-electron chi connectivity index (χ2n) is 3.73. The van der Waals surface area contributed by atoms with Crippen molar-refractivity contribution in [2.45, 2.75) is 38.4 Å². The maximum Gasteiger partial charge on any atom is 0.155 e. The molecule has 13 heavy (non-hydrogen) atoms. The Bertz CT molecular complexity index is 122. The van der Waals surface area contributed by atoms with E-state index in [-0.39, 0.29) is 0 Å². The molecule has 0 bridgehead atoms. The summed E-state index contributed by atoms with van der Waals surface area (Å²) >= 11 is 0. The van der Waals surface area contributed by atoms with Crippen LogP contribution in [0.15, 0.2) is 0 Å². The Morgan fingerprint density at radius 1 is 1.23 bits per heavy atom. The summed E-state index contributed by atoms with van der Waals surface area (Å²) in [7, 11) is 1.55. The van der Waals surface area contributed by atoms with Crippen molar-refractivity contribution in [3.05, 3.63) is 0 Å². The molecule has 0 radical (unpaired) electrons. The predicted octanol–water partition coefficient (Wildman–Crippen LogP) is 1.22. The average molecular weight is 187 g/mol. The van der Waals surface area contributed by atoms with E-state index in [2.05, 4.69) is 4.90 Å². The van der Waals surface area contributed by atoms with Gasteiger partial charge in [0.2, 0.25) is 0 Å². The molecule has 3 nitrogen and oxygen atoms in total. The van der Waals surface area contributed by atoms with Crippen LogP contribution in [0.25, 0.3) is 0 Å². The molecule has 1 aliphatic heterocycles. The van der Waals surface area contributed by atoms with Crippen molar-refractivity contribution in [2.24, 2.45) is 0 Å². The Morgan fingerprint density at radius 2 is 1.85 bits per heavy atom. The molecule has 0 aliphatic carbocycles. The van der Waals surface area contributed by atoms with Gasteiger partial charge < -0.3 is 14.7 Å². The van der Waals surface area contributed by atoms with Crippen LogP contribution < -0.4 is 0 Å². The molecule has 1 unspecified atom stereocenters. The smallest absolute Gasteiger partial charge is 0.155 e. The lowest BCUT2D eigenvalue weighted by Crippen LogP contribution is -2.28. The summed E-state index contributed by atoms with van der Waals surface area (Å²) in [6.45, 7) is 3.35. The van der Waals surface area contributed by atoms with Gasteiger partial charge in [0.25, 0.3) is 0 Å². The molecule has 1 rings (SSSR count). The van der Waals surface area contributed by atoms with E-state index in [4.69, 9.17) is 4.74 Å². The van der Waals surface area contributed by atoms with Crippen molar-refractivity contribution in [2.75, 3.05) is 26.7 Å². The predicted molar refractivity (Wildman–Crippen MR) is 52.5 cm³/mol. The molecule has 0 amide bonds. The zero-order chi connectivity index (χ0) is 9.52. The number of methoxy groups -OCH3 is 1. The van der Waals surface area contributed by atoms with E-state index in [1.54, 1.807) is 7.11 Å². The summed E-state index contributed by atoms with van der Waals surface area (Å²) in [5, 5.41) is 9.21. The minimum absolute atomic E-state index is 0.580. The number of hydrogen-bond donors (Lipinski definition) is 1. The first-order chi connectivity index (χ1) is 6.33. The number of rotatable bonds is 4. The summed E-state index contributed by atoms with van der Waals surface area (Å²) < 4.78 is 4.80. The highest BCUT2D eigenvalue weighted by atomic mass is 16.6. The monoisotopic (exact) mass is 187 g/mol. The largest absolute Gasteiger partial charge is 0.368 e. The highest BCUT2D eigenvalue weighted by Gasteiger charge is 2.10. The Kier molecular flexibility index (Phi) is 5.35. The van der Waals surface area contributed by atoms with Crippen LogP contribution in [-0.4, -0.2) is 43.0 Å². The third-order valence-corrected chi connectivity index (χ3v) is 2.66. The maximum atomic E-state index is 9.21. The fraction of sp³-hybridized carbons (Fsp3) is 1.00. The van der Waals surface area contributed by atoms with Gasteiger partial charge >= 0.3 is 0 Å². The molecule has 0 saturated carbocycles. The number of nitrogens with zero attached hydrogens (tertiary/aromatic N) is 1. The van der Waals surface area contributed by atoms with Gasteiger partial charge in [0.1, 0.15) is 0 Å². The van der Waals surface area contributed by atoms with Gasteiger partial charge in [0.05, 0.1) is 0 Å². The highest BCUT2D eigenvalue weighted by molar-refractivity contribution is 4.63. The first kappa shape index (κ1) is 11.0. The zero-order valence-electron chi connectivity index (χ0n) is 8.54. The van der Waals surface area contributed by atoms with Gasteiger partial charge in [-0.05, 0) is 25.9 Å². The molecule has 0 aromatic carbocycles. The van der Waals surface area contributed by atoms with Crippen molar-refractivity contribution in [1.29, 1.82) is 0 Å². The number of aliphatic hydroxyl groups excluding tert-OH is 1. The Morgan fingerprint density at radius 3 is 2.38 bits per heavy atom.